The minimum atomic E-state index is -3.00. The van der Waals surface area contributed by atoms with E-state index in [1.165, 1.54) is 6.42 Å². The highest BCUT2D eigenvalue weighted by Crippen LogP contribution is 2.23. The molecule has 4 rings (SSSR count). The number of imidazole rings is 1. The third-order valence-corrected chi connectivity index (χ3v) is 7.12. The van der Waals surface area contributed by atoms with Crippen molar-refractivity contribution in [1.29, 1.82) is 0 Å². The Morgan fingerprint density at radius 2 is 1.86 bits per heavy atom. The molecule has 1 unspecified atom stereocenters. The number of benzene rings is 1. The number of aryl methyl sites for hydroxylation is 2. The van der Waals surface area contributed by atoms with E-state index in [0.29, 0.717) is 19.6 Å². The van der Waals surface area contributed by atoms with Gasteiger partial charge in [0.25, 0.3) is 0 Å². The summed E-state index contributed by atoms with van der Waals surface area (Å²) < 4.78 is 25.8. The van der Waals surface area contributed by atoms with Gasteiger partial charge in [0.2, 0.25) is 5.91 Å². The first-order valence-corrected chi connectivity index (χ1v) is 11.7. The Hall–Kier alpha value is -2.19. The fourth-order valence-corrected chi connectivity index (χ4v) is 5.21. The first-order valence-electron chi connectivity index (χ1n) is 9.84. The van der Waals surface area contributed by atoms with Crippen molar-refractivity contribution in [3.05, 3.63) is 53.6 Å². The fourth-order valence-electron chi connectivity index (χ4n) is 3.98. The Morgan fingerprint density at radius 1 is 1.11 bits per heavy atom. The number of nitrogens with one attached hydrogen (secondary N) is 1. The molecule has 7 nitrogen and oxygen atoms in total. The molecule has 0 bridgehead atoms. The number of hydrogen-bond donors (Lipinski definition) is 1. The Kier molecular flexibility index (Phi) is 5.50. The standard InChI is InChI=1S/C20H26N4O3S/c25-20(21-14-17-15-24-9-5-4-8-18(24)22-17)19(16-6-2-1-3-7-16)23-10-12-28(26,27)13-11-23/h1-3,6-7,15,19H,4-5,8-14H2,(H,21,25). The van der Waals surface area contributed by atoms with Crippen LogP contribution in [0.15, 0.2) is 36.5 Å². The molecule has 1 atom stereocenters. The van der Waals surface area contributed by atoms with Gasteiger partial charge in [-0.1, -0.05) is 30.3 Å². The molecule has 1 saturated heterocycles. The number of carbonyl (C=O) groups excluding carboxylic acids is 1. The first-order chi connectivity index (χ1) is 13.5. The van der Waals surface area contributed by atoms with Crippen LogP contribution in [0, 0.1) is 0 Å². The minimum absolute atomic E-state index is 0.0946. The maximum Gasteiger partial charge on any atom is 0.242 e. The second kappa shape index (κ2) is 8.05. The third-order valence-electron chi connectivity index (χ3n) is 5.51. The zero-order valence-electron chi connectivity index (χ0n) is 15.9. The van der Waals surface area contributed by atoms with Gasteiger partial charge in [0, 0.05) is 32.3 Å². The average molecular weight is 403 g/mol. The van der Waals surface area contributed by atoms with Crippen LogP contribution in [0.1, 0.15) is 36.0 Å². The number of fused-ring (bicyclic) bond motifs is 1. The lowest BCUT2D eigenvalue weighted by Gasteiger charge is -2.33. The highest BCUT2D eigenvalue weighted by molar-refractivity contribution is 7.91. The maximum atomic E-state index is 13.1. The Balaban J connectivity index is 1.48. The largest absolute Gasteiger partial charge is 0.349 e. The van der Waals surface area contributed by atoms with Crippen molar-refractivity contribution in [2.75, 3.05) is 24.6 Å². The summed E-state index contributed by atoms with van der Waals surface area (Å²) in [6, 6.07) is 9.06. The SMILES string of the molecule is O=C(NCc1cn2c(n1)CCCC2)C(c1ccccc1)N1CCS(=O)(=O)CC1. The molecule has 8 heteroatoms. The fraction of sp³-hybridized carbons (Fsp3) is 0.500. The molecule has 2 aliphatic heterocycles. The van der Waals surface area contributed by atoms with E-state index in [9.17, 15) is 13.2 Å². The summed E-state index contributed by atoms with van der Waals surface area (Å²) >= 11 is 0. The average Bonchev–Trinajstić information content (AvgIpc) is 3.12. The molecule has 1 aromatic carbocycles. The second-order valence-electron chi connectivity index (χ2n) is 7.52. The van der Waals surface area contributed by atoms with E-state index in [1.807, 2.05) is 41.4 Å². The summed E-state index contributed by atoms with van der Waals surface area (Å²) in [7, 11) is -3.00. The van der Waals surface area contributed by atoms with Gasteiger partial charge in [-0.15, -0.1) is 0 Å². The van der Waals surface area contributed by atoms with Crippen LogP contribution in [0.2, 0.25) is 0 Å². The van der Waals surface area contributed by atoms with Crippen LogP contribution in [0.4, 0.5) is 0 Å². The van der Waals surface area contributed by atoms with Gasteiger partial charge >= 0.3 is 0 Å². The van der Waals surface area contributed by atoms with Crippen LogP contribution in [0.25, 0.3) is 0 Å². The first kappa shape index (κ1) is 19.1. The molecule has 2 aliphatic rings. The zero-order chi connectivity index (χ0) is 19.6. The lowest BCUT2D eigenvalue weighted by atomic mass is 10.0. The van der Waals surface area contributed by atoms with Crippen LogP contribution in [-0.2, 0) is 34.1 Å². The molecule has 28 heavy (non-hydrogen) atoms. The van der Waals surface area contributed by atoms with E-state index in [1.54, 1.807) is 0 Å². The van der Waals surface area contributed by atoms with Crippen LogP contribution in [0.3, 0.4) is 0 Å². The number of sulfone groups is 1. The highest BCUT2D eigenvalue weighted by Gasteiger charge is 2.32. The van der Waals surface area contributed by atoms with Gasteiger partial charge in [0.05, 0.1) is 23.7 Å². The molecule has 1 aromatic heterocycles. The van der Waals surface area contributed by atoms with Gasteiger partial charge in [0.1, 0.15) is 11.9 Å². The minimum Gasteiger partial charge on any atom is -0.349 e. The molecule has 0 saturated carbocycles. The van der Waals surface area contributed by atoms with Gasteiger partial charge in [-0.05, 0) is 18.4 Å². The smallest absolute Gasteiger partial charge is 0.242 e. The van der Waals surface area contributed by atoms with Gasteiger partial charge in [0.15, 0.2) is 9.84 Å². The molecule has 0 spiro atoms. The zero-order valence-corrected chi connectivity index (χ0v) is 16.7. The molecular formula is C20H26N4O3S. The van der Waals surface area contributed by atoms with Crippen LogP contribution >= 0.6 is 0 Å². The normalized spacial score (nSPS) is 20.3. The van der Waals surface area contributed by atoms with E-state index >= 15 is 0 Å². The molecule has 0 aliphatic carbocycles. The Morgan fingerprint density at radius 3 is 2.57 bits per heavy atom. The van der Waals surface area contributed by atoms with Crippen molar-refractivity contribution in [1.82, 2.24) is 19.8 Å². The van der Waals surface area contributed by atoms with Crippen molar-refractivity contribution in [3.8, 4) is 0 Å². The van der Waals surface area contributed by atoms with E-state index in [4.69, 9.17) is 0 Å². The van der Waals surface area contributed by atoms with E-state index < -0.39 is 15.9 Å². The maximum absolute atomic E-state index is 13.1. The van der Waals surface area contributed by atoms with Crippen molar-refractivity contribution >= 4 is 15.7 Å². The van der Waals surface area contributed by atoms with Crippen molar-refractivity contribution < 1.29 is 13.2 Å². The summed E-state index contributed by atoms with van der Waals surface area (Å²) in [6.45, 7) is 2.11. The predicted octanol–water partition coefficient (Wildman–Crippen LogP) is 1.31. The van der Waals surface area contributed by atoms with Gasteiger partial charge in [-0.25, -0.2) is 13.4 Å². The second-order valence-corrected chi connectivity index (χ2v) is 9.82. The van der Waals surface area contributed by atoms with E-state index in [-0.39, 0.29) is 17.4 Å². The predicted molar refractivity (Wildman–Crippen MR) is 106 cm³/mol. The summed E-state index contributed by atoms with van der Waals surface area (Å²) in [6.07, 6.45) is 5.35. The lowest BCUT2D eigenvalue weighted by Crippen LogP contribution is -2.47. The molecule has 1 amide bonds. The lowest BCUT2D eigenvalue weighted by molar-refractivity contribution is -0.126. The van der Waals surface area contributed by atoms with Crippen LogP contribution in [-0.4, -0.2) is 53.4 Å². The molecule has 0 radical (unpaired) electrons. The third kappa shape index (κ3) is 4.28. The number of nitrogens with zero attached hydrogens (tertiary/aromatic N) is 3. The van der Waals surface area contributed by atoms with Gasteiger partial charge in [-0.2, -0.15) is 0 Å². The summed E-state index contributed by atoms with van der Waals surface area (Å²) in [5.74, 6) is 1.17. The number of carbonyl (C=O) groups is 1. The van der Waals surface area contributed by atoms with Crippen molar-refractivity contribution in [2.24, 2.45) is 0 Å². The Bertz CT molecular complexity index is 902. The summed E-state index contributed by atoms with van der Waals surface area (Å²) in [5, 5.41) is 3.02. The van der Waals surface area contributed by atoms with Crippen LogP contribution in [0.5, 0.6) is 0 Å². The molecule has 1 fully saturated rings. The number of amides is 1. The number of hydrogen-bond acceptors (Lipinski definition) is 5. The summed E-state index contributed by atoms with van der Waals surface area (Å²) in [5.41, 5.74) is 1.75. The Labute approximate surface area is 165 Å². The number of rotatable bonds is 5. The van der Waals surface area contributed by atoms with Gasteiger partial charge in [-0.3, -0.25) is 9.69 Å². The molecular weight excluding hydrogens is 376 g/mol. The topological polar surface area (TPSA) is 84.3 Å². The molecule has 1 N–H and O–H groups in total. The molecule has 3 heterocycles. The quantitative estimate of drug-likeness (QED) is 0.815. The van der Waals surface area contributed by atoms with Gasteiger partial charge < -0.3 is 9.88 Å². The van der Waals surface area contributed by atoms with Crippen molar-refractivity contribution in [2.45, 2.75) is 38.4 Å². The summed E-state index contributed by atoms with van der Waals surface area (Å²) in [4.78, 5) is 19.7. The highest BCUT2D eigenvalue weighted by atomic mass is 32.2. The van der Waals surface area contributed by atoms with E-state index in [0.717, 1.165) is 36.5 Å². The monoisotopic (exact) mass is 402 g/mol. The molecule has 150 valence electrons. The van der Waals surface area contributed by atoms with Crippen LogP contribution < -0.4 is 5.32 Å². The van der Waals surface area contributed by atoms with Crippen molar-refractivity contribution in [3.63, 3.8) is 0 Å². The molecule has 2 aromatic rings. The van der Waals surface area contributed by atoms with E-state index in [2.05, 4.69) is 14.9 Å². The number of aromatic nitrogens is 2.